The molecular weight excluding hydrogens is 160 g/mol. The number of hydrogen-bond acceptors (Lipinski definition) is 1. The molecule has 1 aliphatic carbocycles. The number of ketones is 1. The van der Waals surface area contributed by atoms with Crippen molar-refractivity contribution in [3.8, 4) is 0 Å². The summed E-state index contributed by atoms with van der Waals surface area (Å²) < 4.78 is 0. The standard InChI is InChI=1S/C12H22O/c1-4-6-11(13)10-7-5-8-12(2,3)9-10/h10H,4-9H2,1-3H3. The summed E-state index contributed by atoms with van der Waals surface area (Å²) in [5.41, 5.74) is 0.409. The first-order valence-electron chi connectivity index (χ1n) is 5.58. The van der Waals surface area contributed by atoms with Crippen LogP contribution in [-0.4, -0.2) is 5.78 Å². The molecule has 1 fully saturated rings. The Labute approximate surface area is 81.9 Å². The molecule has 0 N–H and O–H groups in total. The molecule has 0 heterocycles. The van der Waals surface area contributed by atoms with E-state index < -0.39 is 0 Å². The molecule has 1 atom stereocenters. The van der Waals surface area contributed by atoms with Crippen LogP contribution in [-0.2, 0) is 4.79 Å². The Morgan fingerprint density at radius 1 is 1.46 bits per heavy atom. The maximum atomic E-state index is 11.7. The van der Waals surface area contributed by atoms with Gasteiger partial charge in [-0.15, -0.1) is 0 Å². The van der Waals surface area contributed by atoms with Gasteiger partial charge in [-0.1, -0.05) is 27.2 Å². The van der Waals surface area contributed by atoms with Crippen molar-refractivity contribution in [1.29, 1.82) is 0 Å². The Kier molecular flexibility index (Phi) is 3.52. The summed E-state index contributed by atoms with van der Waals surface area (Å²) in [5.74, 6) is 0.888. The number of Topliss-reactive ketones (excluding diaryl/α,β-unsaturated/α-hetero) is 1. The van der Waals surface area contributed by atoms with Gasteiger partial charge in [0.05, 0.1) is 0 Å². The highest BCUT2D eigenvalue weighted by Gasteiger charge is 2.31. The summed E-state index contributed by atoms with van der Waals surface area (Å²) in [6.45, 7) is 6.67. The van der Waals surface area contributed by atoms with E-state index in [4.69, 9.17) is 0 Å². The van der Waals surface area contributed by atoms with E-state index in [2.05, 4.69) is 20.8 Å². The maximum Gasteiger partial charge on any atom is 0.135 e. The van der Waals surface area contributed by atoms with Crippen LogP contribution in [0.25, 0.3) is 0 Å². The van der Waals surface area contributed by atoms with E-state index in [9.17, 15) is 4.79 Å². The summed E-state index contributed by atoms with van der Waals surface area (Å²) in [6, 6.07) is 0. The molecule has 76 valence electrons. The Morgan fingerprint density at radius 2 is 2.15 bits per heavy atom. The molecule has 0 saturated heterocycles. The van der Waals surface area contributed by atoms with Crippen molar-refractivity contribution in [2.45, 2.75) is 59.3 Å². The van der Waals surface area contributed by atoms with Crippen LogP contribution in [0, 0.1) is 11.3 Å². The van der Waals surface area contributed by atoms with Crippen LogP contribution < -0.4 is 0 Å². The second kappa shape index (κ2) is 4.26. The molecule has 0 spiro atoms. The van der Waals surface area contributed by atoms with Crippen molar-refractivity contribution in [2.24, 2.45) is 11.3 Å². The number of rotatable bonds is 3. The van der Waals surface area contributed by atoms with Gasteiger partial charge in [-0.2, -0.15) is 0 Å². The van der Waals surface area contributed by atoms with Gasteiger partial charge in [0, 0.05) is 12.3 Å². The van der Waals surface area contributed by atoms with Crippen molar-refractivity contribution in [3.05, 3.63) is 0 Å². The van der Waals surface area contributed by atoms with Crippen LogP contribution in [0.5, 0.6) is 0 Å². The van der Waals surface area contributed by atoms with Crippen molar-refractivity contribution in [2.75, 3.05) is 0 Å². The highest BCUT2D eigenvalue weighted by atomic mass is 16.1. The fourth-order valence-corrected chi connectivity index (χ4v) is 2.42. The van der Waals surface area contributed by atoms with Gasteiger partial charge in [-0.3, -0.25) is 4.79 Å². The van der Waals surface area contributed by atoms with E-state index >= 15 is 0 Å². The first-order valence-corrected chi connectivity index (χ1v) is 5.58. The largest absolute Gasteiger partial charge is 0.299 e. The molecule has 1 aliphatic rings. The van der Waals surface area contributed by atoms with Crippen molar-refractivity contribution in [3.63, 3.8) is 0 Å². The van der Waals surface area contributed by atoms with Gasteiger partial charge in [0.2, 0.25) is 0 Å². The summed E-state index contributed by atoms with van der Waals surface area (Å²) in [7, 11) is 0. The lowest BCUT2D eigenvalue weighted by molar-refractivity contribution is -0.125. The Bertz CT molecular complexity index is 182. The predicted molar refractivity (Wildman–Crippen MR) is 55.7 cm³/mol. The smallest absolute Gasteiger partial charge is 0.135 e. The molecule has 0 amide bonds. The second-order valence-corrected chi connectivity index (χ2v) is 5.17. The van der Waals surface area contributed by atoms with Gasteiger partial charge in [0.15, 0.2) is 0 Å². The van der Waals surface area contributed by atoms with E-state index in [1.54, 1.807) is 0 Å². The van der Waals surface area contributed by atoms with Crippen LogP contribution in [0.15, 0.2) is 0 Å². The average Bonchev–Trinajstić information content (AvgIpc) is 2.03. The third-order valence-electron chi connectivity index (χ3n) is 3.16. The van der Waals surface area contributed by atoms with Crippen molar-refractivity contribution in [1.82, 2.24) is 0 Å². The van der Waals surface area contributed by atoms with Crippen LogP contribution in [0.4, 0.5) is 0 Å². The van der Waals surface area contributed by atoms with Gasteiger partial charge >= 0.3 is 0 Å². The van der Waals surface area contributed by atoms with E-state index in [-0.39, 0.29) is 0 Å². The minimum Gasteiger partial charge on any atom is -0.299 e. The predicted octanol–water partition coefficient (Wildman–Crippen LogP) is 3.57. The van der Waals surface area contributed by atoms with Crippen LogP contribution >= 0.6 is 0 Å². The van der Waals surface area contributed by atoms with Gasteiger partial charge in [0.25, 0.3) is 0 Å². The van der Waals surface area contributed by atoms with E-state index in [0.717, 1.165) is 25.7 Å². The lowest BCUT2D eigenvalue weighted by Gasteiger charge is -2.34. The Balaban J connectivity index is 2.47. The minimum absolute atomic E-state index is 0.378. The van der Waals surface area contributed by atoms with Gasteiger partial charge in [0.1, 0.15) is 5.78 Å². The first kappa shape index (κ1) is 10.7. The molecule has 0 aliphatic heterocycles. The molecule has 1 rings (SSSR count). The number of carbonyl (C=O) groups excluding carboxylic acids is 1. The topological polar surface area (TPSA) is 17.1 Å². The first-order chi connectivity index (χ1) is 6.05. The van der Waals surface area contributed by atoms with Crippen molar-refractivity contribution >= 4 is 5.78 Å². The summed E-state index contributed by atoms with van der Waals surface area (Å²) >= 11 is 0. The molecule has 0 radical (unpaired) electrons. The average molecular weight is 182 g/mol. The summed E-state index contributed by atoms with van der Waals surface area (Å²) in [6.07, 6.45) is 6.60. The zero-order valence-electron chi connectivity index (χ0n) is 9.23. The normalized spacial score (nSPS) is 27.2. The van der Waals surface area contributed by atoms with E-state index in [1.165, 1.54) is 12.8 Å². The molecule has 1 saturated carbocycles. The third-order valence-corrected chi connectivity index (χ3v) is 3.16. The monoisotopic (exact) mass is 182 g/mol. The lowest BCUT2D eigenvalue weighted by atomic mass is 9.70. The SMILES string of the molecule is CCCC(=O)C1CCCC(C)(C)C1. The number of carbonyl (C=O) groups is 1. The zero-order valence-corrected chi connectivity index (χ0v) is 9.23. The van der Waals surface area contributed by atoms with Crippen molar-refractivity contribution < 1.29 is 4.79 Å². The van der Waals surface area contributed by atoms with E-state index in [0.29, 0.717) is 17.1 Å². The molecule has 0 aromatic carbocycles. The third kappa shape index (κ3) is 3.13. The highest BCUT2D eigenvalue weighted by molar-refractivity contribution is 5.81. The molecule has 1 unspecified atom stereocenters. The fraction of sp³-hybridized carbons (Fsp3) is 0.917. The molecule has 0 aromatic heterocycles. The quantitative estimate of drug-likeness (QED) is 0.652. The maximum absolute atomic E-state index is 11.7. The summed E-state index contributed by atoms with van der Waals surface area (Å²) in [5, 5.41) is 0. The highest BCUT2D eigenvalue weighted by Crippen LogP contribution is 2.39. The molecule has 1 nitrogen and oxygen atoms in total. The molecule has 1 heteroatoms. The second-order valence-electron chi connectivity index (χ2n) is 5.17. The lowest BCUT2D eigenvalue weighted by Crippen LogP contribution is -2.27. The zero-order chi connectivity index (χ0) is 9.90. The van der Waals surface area contributed by atoms with Gasteiger partial charge in [-0.05, 0) is 31.1 Å². The number of hydrogen-bond donors (Lipinski definition) is 0. The molecular formula is C12H22O. The molecule has 0 aromatic rings. The Morgan fingerprint density at radius 3 is 2.69 bits per heavy atom. The molecule has 0 bridgehead atoms. The molecule has 13 heavy (non-hydrogen) atoms. The minimum atomic E-state index is 0.378. The summed E-state index contributed by atoms with van der Waals surface area (Å²) in [4.78, 5) is 11.7. The van der Waals surface area contributed by atoms with Crippen LogP contribution in [0.1, 0.15) is 59.3 Å². The van der Waals surface area contributed by atoms with Gasteiger partial charge in [-0.25, -0.2) is 0 Å². The van der Waals surface area contributed by atoms with Crippen LogP contribution in [0.3, 0.4) is 0 Å². The van der Waals surface area contributed by atoms with Crippen LogP contribution in [0.2, 0.25) is 0 Å². The van der Waals surface area contributed by atoms with Gasteiger partial charge < -0.3 is 0 Å². The fourth-order valence-electron chi connectivity index (χ4n) is 2.42. The van der Waals surface area contributed by atoms with E-state index in [1.807, 2.05) is 0 Å². The Hall–Kier alpha value is -0.330.